The number of alkyl halides is 3. The van der Waals surface area contributed by atoms with Crippen LogP contribution in [0.4, 0.5) is 13.2 Å². The smallest absolute Gasteiger partial charge is 0.295 e. The number of carbonyl (C=O) groups is 1. The molecule has 1 unspecified atom stereocenters. The van der Waals surface area contributed by atoms with Crippen molar-refractivity contribution in [2.24, 2.45) is 13.0 Å². The van der Waals surface area contributed by atoms with Crippen molar-refractivity contribution in [3.05, 3.63) is 40.5 Å². The molecule has 1 saturated heterocycles. The molecule has 1 aromatic heterocycles. The zero-order valence-electron chi connectivity index (χ0n) is 20.1. The maximum absolute atomic E-state index is 13.1. The van der Waals surface area contributed by atoms with E-state index in [2.05, 4.69) is 15.2 Å². The number of rotatable bonds is 7. The van der Waals surface area contributed by atoms with E-state index in [-0.39, 0.29) is 39.3 Å². The Balaban J connectivity index is 1.46. The van der Waals surface area contributed by atoms with Gasteiger partial charge in [-0.1, -0.05) is 36.6 Å². The van der Waals surface area contributed by atoms with E-state index in [0.717, 1.165) is 43.9 Å². The van der Waals surface area contributed by atoms with Crippen LogP contribution < -0.4 is 0 Å². The van der Waals surface area contributed by atoms with Crippen molar-refractivity contribution in [2.45, 2.75) is 55.8 Å². The fourth-order valence-corrected chi connectivity index (χ4v) is 7.17. The van der Waals surface area contributed by atoms with Crippen LogP contribution in [0.2, 0.25) is 5.02 Å². The molecule has 8 nitrogen and oxygen atoms in total. The summed E-state index contributed by atoms with van der Waals surface area (Å²) in [5.74, 6) is -0.384. The first-order valence-corrected chi connectivity index (χ1v) is 13.7. The first-order valence-electron chi connectivity index (χ1n) is 11.9. The molecule has 2 heterocycles. The van der Waals surface area contributed by atoms with Crippen LogP contribution in [0.25, 0.3) is 0 Å². The first-order chi connectivity index (χ1) is 16.8. The van der Waals surface area contributed by atoms with Crippen molar-refractivity contribution in [1.29, 1.82) is 0 Å². The molecule has 0 amide bonds. The molecule has 1 aliphatic carbocycles. The van der Waals surface area contributed by atoms with Crippen LogP contribution in [0.1, 0.15) is 54.9 Å². The second-order valence-corrected chi connectivity index (χ2v) is 11.9. The minimum absolute atomic E-state index is 0.0820. The summed E-state index contributed by atoms with van der Waals surface area (Å²) in [6.07, 6.45) is 0.728. The number of nitrogens with zero attached hydrogens (tertiary/aromatic N) is 5. The van der Waals surface area contributed by atoms with Crippen LogP contribution in [0.3, 0.4) is 0 Å². The number of aryl methyl sites for hydroxylation is 1. The second-order valence-electron chi connectivity index (χ2n) is 9.65. The summed E-state index contributed by atoms with van der Waals surface area (Å²) in [7, 11) is -2.13. The average molecular weight is 548 g/mol. The highest BCUT2D eigenvalue weighted by Crippen LogP contribution is 2.44. The molecule has 2 fully saturated rings. The molecule has 0 radical (unpaired) electrons. The van der Waals surface area contributed by atoms with Gasteiger partial charge in [0.1, 0.15) is 0 Å². The van der Waals surface area contributed by atoms with Gasteiger partial charge in [-0.2, -0.15) is 17.5 Å². The number of piperazine rings is 1. The maximum Gasteiger partial charge on any atom is 0.416 e. The van der Waals surface area contributed by atoms with E-state index in [4.69, 9.17) is 11.6 Å². The Hall–Kier alpha value is -2.02. The normalized spacial score (nSPS) is 20.5. The molecule has 0 spiro atoms. The highest BCUT2D eigenvalue weighted by Gasteiger charge is 2.46. The number of hydrogen-bond acceptors (Lipinski definition) is 6. The summed E-state index contributed by atoms with van der Waals surface area (Å²) in [6.45, 7) is 3.61. The lowest BCUT2D eigenvalue weighted by atomic mass is 9.78. The van der Waals surface area contributed by atoms with Gasteiger partial charge in [0.05, 0.1) is 16.8 Å². The lowest BCUT2D eigenvalue weighted by molar-refractivity contribution is -0.137. The standard InChI is InChI=1S/C23H29ClF3N5O3S/c1-16(13-20(33)18-6-5-17(14-19(18)24)23(25,26)27)22(7-3-4-8-22)31-9-11-32(12-10-31)36(34,35)21-15-30(2)29-28-21/h5-6,14-16H,3-4,7-13H2,1-2H3. The Morgan fingerprint density at radius 1 is 1.17 bits per heavy atom. The number of aromatic nitrogens is 3. The molecule has 2 aliphatic rings. The van der Waals surface area contributed by atoms with Gasteiger partial charge in [-0.3, -0.25) is 14.4 Å². The predicted octanol–water partition coefficient (Wildman–Crippen LogP) is 4.02. The summed E-state index contributed by atoms with van der Waals surface area (Å²) in [5.41, 5.74) is -1.08. The van der Waals surface area contributed by atoms with E-state index < -0.39 is 21.8 Å². The molecule has 36 heavy (non-hydrogen) atoms. The molecule has 1 atom stereocenters. The van der Waals surface area contributed by atoms with Crippen molar-refractivity contribution in [1.82, 2.24) is 24.2 Å². The lowest BCUT2D eigenvalue weighted by Crippen LogP contribution is -2.59. The van der Waals surface area contributed by atoms with Gasteiger partial charge in [-0.25, -0.2) is 8.42 Å². The third-order valence-electron chi connectivity index (χ3n) is 7.53. The van der Waals surface area contributed by atoms with Gasteiger partial charge in [0.2, 0.25) is 5.03 Å². The lowest BCUT2D eigenvalue weighted by Gasteiger charge is -2.49. The number of benzene rings is 1. The van der Waals surface area contributed by atoms with E-state index in [9.17, 15) is 26.4 Å². The number of hydrogen-bond donors (Lipinski definition) is 0. The Labute approximate surface area is 213 Å². The van der Waals surface area contributed by atoms with E-state index in [1.165, 1.54) is 15.2 Å². The van der Waals surface area contributed by atoms with Gasteiger partial charge in [-0.05, 0) is 37.0 Å². The quantitative estimate of drug-likeness (QED) is 0.487. The van der Waals surface area contributed by atoms with Crippen molar-refractivity contribution in [3.63, 3.8) is 0 Å². The Bertz CT molecular complexity index is 1220. The Morgan fingerprint density at radius 2 is 1.81 bits per heavy atom. The molecule has 13 heteroatoms. The average Bonchev–Trinajstić information content (AvgIpc) is 3.49. The van der Waals surface area contributed by atoms with Gasteiger partial charge in [0.25, 0.3) is 10.0 Å². The molecule has 198 valence electrons. The van der Waals surface area contributed by atoms with Crippen LogP contribution in [0, 0.1) is 5.92 Å². The number of sulfonamides is 1. The monoisotopic (exact) mass is 547 g/mol. The summed E-state index contributed by atoms with van der Waals surface area (Å²) >= 11 is 6.06. The van der Waals surface area contributed by atoms with Gasteiger partial charge < -0.3 is 0 Å². The predicted molar refractivity (Wildman–Crippen MR) is 127 cm³/mol. The molecular formula is C23H29ClF3N5O3S. The fraction of sp³-hybridized carbons (Fsp3) is 0.609. The third-order valence-corrected chi connectivity index (χ3v) is 9.60. The second kappa shape index (κ2) is 10.0. The van der Waals surface area contributed by atoms with Crippen molar-refractivity contribution >= 4 is 27.4 Å². The van der Waals surface area contributed by atoms with Gasteiger partial charge in [0, 0.05) is 50.7 Å². The van der Waals surface area contributed by atoms with Crippen LogP contribution in [0.15, 0.2) is 29.4 Å². The highest BCUT2D eigenvalue weighted by molar-refractivity contribution is 7.89. The van der Waals surface area contributed by atoms with Gasteiger partial charge in [-0.15, -0.1) is 5.10 Å². The van der Waals surface area contributed by atoms with Crippen molar-refractivity contribution in [3.8, 4) is 0 Å². The number of Topliss-reactive ketones (excluding diaryl/α,β-unsaturated/α-hetero) is 1. The molecule has 1 aliphatic heterocycles. The number of ketones is 1. The number of carbonyl (C=O) groups excluding carboxylic acids is 1. The zero-order chi connectivity index (χ0) is 26.3. The molecule has 2 aromatic rings. The minimum atomic E-state index is -4.53. The summed E-state index contributed by atoms with van der Waals surface area (Å²) in [4.78, 5) is 15.4. The molecule has 1 aromatic carbocycles. The van der Waals surface area contributed by atoms with Crippen LogP contribution in [-0.2, 0) is 23.2 Å². The first kappa shape index (κ1) is 27.0. The molecule has 0 bridgehead atoms. The van der Waals surface area contributed by atoms with E-state index in [1.807, 2.05) is 6.92 Å². The van der Waals surface area contributed by atoms with E-state index in [1.54, 1.807) is 7.05 Å². The highest BCUT2D eigenvalue weighted by atomic mass is 35.5. The summed E-state index contributed by atoms with van der Waals surface area (Å²) < 4.78 is 67.5. The van der Waals surface area contributed by atoms with Gasteiger partial charge in [0.15, 0.2) is 5.78 Å². The topological polar surface area (TPSA) is 88.4 Å². The van der Waals surface area contributed by atoms with Crippen molar-refractivity contribution < 1.29 is 26.4 Å². The van der Waals surface area contributed by atoms with Crippen molar-refractivity contribution in [2.75, 3.05) is 26.2 Å². The summed E-state index contributed by atoms with van der Waals surface area (Å²) in [6, 6.07) is 2.82. The largest absolute Gasteiger partial charge is 0.416 e. The summed E-state index contributed by atoms with van der Waals surface area (Å²) in [5, 5.41) is 7.18. The van der Waals surface area contributed by atoms with Gasteiger partial charge >= 0.3 is 6.18 Å². The molecule has 4 rings (SSSR count). The van der Waals surface area contributed by atoms with E-state index >= 15 is 0 Å². The molecule has 1 saturated carbocycles. The fourth-order valence-electron chi connectivity index (χ4n) is 5.55. The van der Waals surface area contributed by atoms with Crippen LogP contribution >= 0.6 is 11.6 Å². The Morgan fingerprint density at radius 3 is 2.33 bits per heavy atom. The minimum Gasteiger partial charge on any atom is -0.295 e. The van der Waals surface area contributed by atoms with E-state index in [0.29, 0.717) is 26.2 Å². The third kappa shape index (κ3) is 5.18. The maximum atomic E-state index is 13.1. The SMILES string of the molecule is CC(CC(=O)c1ccc(C(F)(F)F)cc1Cl)C1(N2CCN(S(=O)(=O)c3cn(C)nn3)CC2)CCCC1. The molecular weight excluding hydrogens is 519 g/mol. The zero-order valence-corrected chi connectivity index (χ0v) is 21.7. The Kier molecular flexibility index (Phi) is 7.53. The number of halogens is 4. The molecule has 0 N–H and O–H groups in total. The van der Waals surface area contributed by atoms with Crippen LogP contribution in [-0.4, -0.2) is 70.1 Å². The van der Waals surface area contributed by atoms with Crippen LogP contribution in [0.5, 0.6) is 0 Å².